The molecule has 0 aliphatic carbocycles. The molecule has 0 radical (unpaired) electrons. The fourth-order valence-electron chi connectivity index (χ4n) is 2.05. The summed E-state index contributed by atoms with van der Waals surface area (Å²) in [6.45, 7) is 9.14. The molecule has 1 aliphatic heterocycles. The molecule has 1 aliphatic rings. The number of hydrogen-bond acceptors (Lipinski definition) is 3. The van der Waals surface area contributed by atoms with Crippen molar-refractivity contribution in [1.29, 1.82) is 0 Å². The first-order chi connectivity index (χ1) is 7.33. The van der Waals surface area contributed by atoms with Crippen molar-refractivity contribution in [1.82, 2.24) is 4.90 Å². The van der Waals surface area contributed by atoms with Crippen LogP contribution in [0.3, 0.4) is 0 Å². The lowest BCUT2D eigenvalue weighted by atomic mass is 9.99. The maximum Gasteiger partial charge on any atom is 0.410 e. The Morgan fingerprint density at radius 3 is 2.56 bits per heavy atom. The van der Waals surface area contributed by atoms with E-state index < -0.39 is 5.60 Å². The van der Waals surface area contributed by atoms with Crippen molar-refractivity contribution in [3.8, 4) is 0 Å². The van der Waals surface area contributed by atoms with E-state index in [2.05, 4.69) is 6.92 Å². The maximum absolute atomic E-state index is 11.8. The van der Waals surface area contributed by atoms with Gasteiger partial charge in [0.1, 0.15) is 5.60 Å². The van der Waals surface area contributed by atoms with Crippen molar-refractivity contribution >= 4 is 6.09 Å². The van der Waals surface area contributed by atoms with Crippen molar-refractivity contribution < 1.29 is 9.53 Å². The summed E-state index contributed by atoms with van der Waals surface area (Å²) in [5, 5.41) is 0. The molecule has 0 spiro atoms. The van der Waals surface area contributed by atoms with Gasteiger partial charge in [-0.25, -0.2) is 4.79 Å². The standard InChI is InChI=1S/C12H24N2O2/c1-5-6-9-7-14(8-10(9)13)11(15)16-12(2,3)4/h9-10H,5-8,13H2,1-4H3/t9-,10+/m0/s1. The number of hydrogen-bond donors (Lipinski definition) is 1. The summed E-state index contributed by atoms with van der Waals surface area (Å²) in [6, 6.07) is 0.104. The highest BCUT2D eigenvalue weighted by atomic mass is 16.6. The van der Waals surface area contributed by atoms with E-state index in [4.69, 9.17) is 10.5 Å². The highest BCUT2D eigenvalue weighted by Crippen LogP contribution is 2.22. The molecule has 1 heterocycles. The van der Waals surface area contributed by atoms with Crippen LogP contribution >= 0.6 is 0 Å². The van der Waals surface area contributed by atoms with Crippen LogP contribution < -0.4 is 5.73 Å². The Hall–Kier alpha value is -0.770. The Kier molecular flexibility index (Phi) is 4.19. The number of likely N-dealkylation sites (tertiary alicyclic amines) is 1. The van der Waals surface area contributed by atoms with Crippen molar-refractivity contribution in [2.75, 3.05) is 13.1 Å². The molecule has 0 bridgehead atoms. The summed E-state index contributed by atoms with van der Waals surface area (Å²) in [5.74, 6) is 0.428. The van der Waals surface area contributed by atoms with Gasteiger partial charge in [0, 0.05) is 19.1 Å². The first kappa shape index (κ1) is 13.3. The minimum absolute atomic E-state index is 0.104. The highest BCUT2D eigenvalue weighted by Gasteiger charge is 2.34. The van der Waals surface area contributed by atoms with Crippen LogP contribution in [0.25, 0.3) is 0 Å². The van der Waals surface area contributed by atoms with Crippen LogP contribution in [0.2, 0.25) is 0 Å². The number of nitrogens with zero attached hydrogens (tertiary/aromatic N) is 1. The molecule has 1 rings (SSSR count). The minimum Gasteiger partial charge on any atom is -0.444 e. The topological polar surface area (TPSA) is 55.6 Å². The van der Waals surface area contributed by atoms with Crippen molar-refractivity contribution in [3.05, 3.63) is 0 Å². The molecular formula is C12H24N2O2. The molecule has 16 heavy (non-hydrogen) atoms. The van der Waals surface area contributed by atoms with Crippen molar-refractivity contribution in [2.45, 2.75) is 52.2 Å². The van der Waals surface area contributed by atoms with Crippen LogP contribution in [0.4, 0.5) is 4.79 Å². The van der Waals surface area contributed by atoms with Crippen LogP contribution in [0.5, 0.6) is 0 Å². The third-order valence-electron chi connectivity index (χ3n) is 2.80. The summed E-state index contributed by atoms with van der Waals surface area (Å²) < 4.78 is 5.33. The minimum atomic E-state index is -0.427. The van der Waals surface area contributed by atoms with E-state index in [1.165, 1.54) is 0 Å². The maximum atomic E-state index is 11.8. The summed E-state index contributed by atoms with van der Waals surface area (Å²) in [5.41, 5.74) is 5.58. The van der Waals surface area contributed by atoms with E-state index in [-0.39, 0.29) is 12.1 Å². The van der Waals surface area contributed by atoms with Crippen molar-refractivity contribution in [2.24, 2.45) is 11.7 Å². The third-order valence-corrected chi connectivity index (χ3v) is 2.80. The molecule has 1 amide bonds. The van der Waals surface area contributed by atoms with Gasteiger partial charge in [0.05, 0.1) is 0 Å². The van der Waals surface area contributed by atoms with Crippen LogP contribution in [0, 0.1) is 5.92 Å². The lowest BCUT2D eigenvalue weighted by Crippen LogP contribution is -2.36. The van der Waals surface area contributed by atoms with Gasteiger partial charge < -0.3 is 15.4 Å². The van der Waals surface area contributed by atoms with E-state index >= 15 is 0 Å². The molecule has 4 nitrogen and oxygen atoms in total. The van der Waals surface area contributed by atoms with Crippen LogP contribution in [-0.4, -0.2) is 35.7 Å². The summed E-state index contributed by atoms with van der Waals surface area (Å²) in [6.07, 6.45) is 1.96. The number of carbonyl (C=O) groups is 1. The number of nitrogens with two attached hydrogens (primary N) is 1. The van der Waals surface area contributed by atoms with Gasteiger partial charge in [-0.1, -0.05) is 13.3 Å². The Morgan fingerprint density at radius 1 is 1.44 bits per heavy atom. The second-order valence-corrected chi connectivity index (χ2v) is 5.60. The third kappa shape index (κ3) is 3.67. The fourth-order valence-corrected chi connectivity index (χ4v) is 2.05. The zero-order chi connectivity index (χ0) is 12.3. The lowest BCUT2D eigenvalue weighted by Gasteiger charge is -2.24. The molecular weight excluding hydrogens is 204 g/mol. The summed E-state index contributed by atoms with van der Waals surface area (Å²) in [7, 11) is 0. The molecule has 4 heteroatoms. The Balaban J connectivity index is 2.48. The normalized spacial score (nSPS) is 25.9. The number of carbonyl (C=O) groups excluding carboxylic acids is 1. The van der Waals surface area contributed by atoms with Gasteiger partial charge in [-0.15, -0.1) is 0 Å². The Morgan fingerprint density at radius 2 is 2.06 bits per heavy atom. The quantitative estimate of drug-likeness (QED) is 0.786. The van der Waals surface area contributed by atoms with Crippen LogP contribution in [-0.2, 0) is 4.74 Å². The molecule has 2 atom stereocenters. The zero-order valence-corrected chi connectivity index (χ0v) is 10.8. The molecule has 0 aromatic rings. The first-order valence-corrected chi connectivity index (χ1v) is 6.07. The van der Waals surface area contributed by atoms with Gasteiger partial charge in [-0.2, -0.15) is 0 Å². The molecule has 1 saturated heterocycles. The summed E-state index contributed by atoms with van der Waals surface area (Å²) >= 11 is 0. The molecule has 0 unspecified atom stereocenters. The lowest BCUT2D eigenvalue weighted by molar-refractivity contribution is 0.0286. The number of ether oxygens (including phenoxy) is 1. The molecule has 0 saturated carbocycles. The Labute approximate surface area is 98.1 Å². The van der Waals surface area contributed by atoms with E-state index in [9.17, 15) is 4.79 Å². The molecule has 0 aromatic heterocycles. The van der Waals surface area contributed by atoms with E-state index in [0.717, 1.165) is 19.4 Å². The fraction of sp³-hybridized carbons (Fsp3) is 0.917. The van der Waals surface area contributed by atoms with Gasteiger partial charge in [-0.05, 0) is 33.1 Å². The molecule has 1 fully saturated rings. The van der Waals surface area contributed by atoms with Gasteiger partial charge >= 0.3 is 6.09 Å². The molecule has 2 N–H and O–H groups in total. The second kappa shape index (κ2) is 5.04. The Bertz CT molecular complexity index is 248. The number of amides is 1. The second-order valence-electron chi connectivity index (χ2n) is 5.60. The molecule has 0 aromatic carbocycles. The highest BCUT2D eigenvalue weighted by molar-refractivity contribution is 5.68. The average Bonchev–Trinajstić information content (AvgIpc) is 2.46. The monoisotopic (exact) mass is 228 g/mol. The van der Waals surface area contributed by atoms with Crippen LogP contribution in [0.1, 0.15) is 40.5 Å². The average molecular weight is 228 g/mol. The van der Waals surface area contributed by atoms with Gasteiger partial charge in [0.25, 0.3) is 0 Å². The van der Waals surface area contributed by atoms with E-state index in [1.807, 2.05) is 20.8 Å². The zero-order valence-electron chi connectivity index (χ0n) is 10.8. The van der Waals surface area contributed by atoms with Gasteiger partial charge in [0.2, 0.25) is 0 Å². The van der Waals surface area contributed by atoms with Crippen LogP contribution in [0.15, 0.2) is 0 Å². The number of rotatable bonds is 2. The first-order valence-electron chi connectivity index (χ1n) is 6.07. The van der Waals surface area contributed by atoms with E-state index in [0.29, 0.717) is 12.5 Å². The van der Waals surface area contributed by atoms with Gasteiger partial charge in [-0.3, -0.25) is 0 Å². The predicted molar refractivity (Wildman–Crippen MR) is 64.2 cm³/mol. The predicted octanol–water partition coefficient (Wildman–Crippen LogP) is 1.98. The summed E-state index contributed by atoms with van der Waals surface area (Å²) in [4.78, 5) is 13.5. The SMILES string of the molecule is CCC[C@H]1CN(C(=O)OC(C)(C)C)C[C@H]1N. The van der Waals surface area contributed by atoms with Crippen molar-refractivity contribution in [3.63, 3.8) is 0 Å². The van der Waals surface area contributed by atoms with Gasteiger partial charge in [0.15, 0.2) is 0 Å². The smallest absolute Gasteiger partial charge is 0.410 e. The largest absolute Gasteiger partial charge is 0.444 e. The van der Waals surface area contributed by atoms with E-state index in [1.54, 1.807) is 4.90 Å². The molecule has 94 valence electrons.